The van der Waals surface area contributed by atoms with Crippen LogP contribution in [0.5, 0.6) is 0 Å². The Morgan fingerprint density at radius 3 is 1.94 bits per heavy atom. The maximum Gasteiger partial charge on any atom is 0.177 e. The summed E-state index contributed by atoms with van der Waals surface area (Å²) in [6, 6.07) is 0. The third-order valence-corrected chi connectivity index (χ3v) is 2.16. The lowest BCUT2D eigenvalue weighted by atomic mass is 9.87. The molecule has 0 radical (unpaired) electrons. The Kier molecular flexibility index (Phi) is 6.96. The highest BCUT2D eigenvalue weighted by atomic mass is 35.5. The zero-order chi connectivity index (χ0) is 13.1. The van der Waals surface area contributed by atoms with Crippen LogP contribution in [0.1, 0.15) is 20.3 Å². The summed E-state index contributed by atoms with van der Waals surface area (Å²) in [4.78, 5) is 22.4. The fourth-order valence-corrected chi connectivity index (χ4v) is 1.78. The first-order valence-corrected chi connectivity index (χ1v) is 5.25. The Morgan fingerprint density at radius 2 is 1.71 bits per heavy atom. The minimum Gasteiger partial charge on any atom is -1.00 e. The van der Waals surface area contributed by atoms with Crippen molar-refractivity contribution in [1.29, 1.82) is 0 Å². The lowest BCUT2D eigenvalue weighted by Gasteiger charge is -2.35. The topological polar surface area (TPSA) is 77.4 Å². The second kappa shape index (κ2) is 6.33. The molecule has 0 unspecified atom stereocenters. The molecule has 0 spiro atoms. The van der Waals surface area contributed by atoms with Crippen molar-refractivity contribution in [2.45, 2.75) is 25.9 Å². The molecule has 0 saturated carbocycles. The number of carboxylic acids is 1. The lowest BCUT2D eigenvalue weighted by Crippen LogP contribution is -3.00. The number of halogens is 1. The number of carboxylic acid groups (broad SMARTS) is 1. The normalized spacial score (nSPS) is 15.0. The quantitative estimate of drug-likeness (QED) is 0.495. The first-order valence-electron chi connectivity index (χ1n) is 5.25. The van der Waals surface area contributed by atoms with Gasteiger partial charge in [0.15, 0.2) is 11.4 Å². The predicted octanol–water partition coefficient (Wildman–Crippen LogP) is -4.21. The van der Waals surface area contributed by atoms with Crippen molar-refractivity contribution in [3.8, 4) is 0 Å². The summed E-state index contributed by atoms with van der Waals surface area (Å²) in [5.41, 5.74) is -1.84. The van der Waals surface area contributed by atoms with Gasteiger partial charge in [0.2, 0.25) is 0 Å². The standard InChI is InChI=1S/C11H21NO4.ClH/c1-8(2)10(15)11(16,6-9(13)14)7-12(3,4)5;/h8,16H,6-7H2,1-5H3;1H/p-1/t11-;/m1./s1. The number of ketones is 1. The molecule has 0 rings (SSSR count). The summed E-state index contributed by atoms with van der Waals surface area (Å²) in [5, 5.41) is 20.8. The van der Waals surface area contributed by atoms with Crippen LogP contribution in [0.3, 0.4) is 0 Å². The number of nitrogens with zero attached hydrogens (tertiary/aromatic N) is 1. The highest BCUT2D eigenvalue weighted by Crippen LogP contribution is 2.19. The van der Waals surface area contributed by atoms with E-state index in [-0.39, 0.29) is 19.0 Å². The van der Waals surface area contributed by atoms with E-state index in [9.17, 15) is 19.8 Å². The van der Waals surface area contributed by atoms with Gasteiger partial charge in [-0.05, 0) is 0 Å². The molecule has 0 saturated heterocycles. The smallest absolute Gasteiger partial charge is 0.177 e. The van der Waals surface area contributed by atoms with Crippen LogP contribution in [-0.4, -0.2) is 54.6 Å². The van der Waals surface area contributed by atoms with Crippen LogP contribution in [0.15, 0.2) is 0 Å². The van der Waals surface area contributed by atoms with Crippen LogP contribution in [0.4, 0.5) is 0 Å². The third-order valence-electron chi connectivity index (χ3n) is 2.16. The second-order valence-electron chi connectivity index (χ2n) is 5.55. The van der Waals surface area contributed by atoms with Crippen molar-refractivity contribution in [1.82, 2.24) is 0 Å². The van der Waals surface area contributed by atoms with E-state index < -0.39 is 29.7 Å². The van der Waals surface area contributed by atoms with Gasteiger partial charge in [0, 0.05) is 18.3 Å². The summed E-state index contributed by atoms with van der Waals surface area (Å²) in [6.07, 6.45) is -0.653. The van der Waals surface area contributed by atoms with Gasteiger partial charge in [0.1, 0.15) is 6.54 Å². The first kappa shape index (κ1) is 18.7. The average molecular weight is 267 g/mol. The molecule has 0 amide bonds. The Morgan fingerprint density at radius 1 is 1.29 bits per heavy atom. The van der Waals surface area contributed by atoms with E-state index in [1.54, 1.807) is 35.0 Å². The van der Waals surface area contributed by atoms with Crippen LogP contribution in [0, 0.1) is 5.92 Å². The molecule has 5 nitrogen and oxygen atoms in total. The number of quaternary nitrogens is 1. The Hall–Kier alpha value is -0.650. The van der Waals surface area contributed by atoms with Gasteiger partial charge in [-0.2, -0.15) is 0 Å². The van der Waals surface area contributed by atoms with Gasteiger partial charge < -0.3 is 31.9 Å². The molecule has 0 bridgehead atoms. The number of hydrogen-bond acceptors (Lipinski definition) is 4. The SMILES string of the molecule is CC(C)C(=O)[C@@](O)(CC(=O)[O-])C[N+](C)(C)C.[Cl-]. The molecule has 1 atom stereocenters. The van der Waals surface area contributed by atoms with Gasteiger partial charge in [0.05, 0.1) is 21.1 Å². The molecule has 6 heteroatoms. The maximum atomic E-state index is 11.8. The molecule has 0 aromatic carbocycles. The highest BCUT2D eigenvalue weighted by Gasteiger charge is 2.42. The van der Waals surface area contributed by atoms with Gasteiger partial charge >= 0.3 is 0 Å². The molecule has 1 N–H and O–H groups in total. The number of aliphatic carboxylic acids is 1. The summed E-state index contributed by atoms with van der Waals surface area (Å²) in [5.74, 6) is -2.27. The summed E-state index contributed by atoms with van der Waals surface area (Å²) >= 11 is 0. The van der Waals surface area contributed by atoms with Crippen molar-refractivity contribution in [2.24, 2.45) is 5.92 Å². The summed E-state index contributed by atoms with van der Waals surface area (Å²) in [6.45, 7) is 3.33. The van der Waals surface area contributed by atoms with Crippen molar-refractivity contribution in [3.05, 3.63) is 0 Å². The van der Waals surface area contributed by atoms with Crippen LogP contribution in [0.25, 0.3) is 0 Å². The van der Waals surface area contributed by atoms with Crippen LogP contribution < -0.4 is 17.5 Å². The molecular formula is C11H21ClNO4-. The van der Waals surface area contributed by atoms with Crippen molar-refractivity contribution < 1.29 is 36.7 Å². The van der Waals surface area contributed by atoms with Crippen LogP contribution in [0.2, 0.25) is 0 Å². The molecule has 102 valence electrons. The van der Waals surface area contributed by atoms with Crippen molar-refractivity contribution >= 4 is 11.8 Å². The van der Waals surface area contributed by atoms with Gasteiger partial charge in [0.25, 0.3) is 0 Å². The van der Waals surface area contributed by atoms with Crippen LogP contribution >= 0.6 is 0 Å². The minimum atomic E-state index is -1.84. The molecule has 17 heavy (non-hydrogen) atoms. The fraction of sp³-hybridized carbons (Fsp3) is 0.818. The molecule has 0 aliphatic carbocycles. The van der Waals surface area contributed by atoms with E-state index >= 15 is 0 Å². The Labute approximate surface area is 108 Å². The number of rotatable bonds is 6. The van der Waals surface area contributed by atoms with E-state index in [2.05, 4.69) is 0 Å². The van der Waals surface area contributed by atoms with Gasteiger partial charge in [-0.3, -0.25) is 4.79 Å². The first-order chi connectivity index (χ1) is 6.98. The number of carbonyl (C=O) groups is 2. The van der Waals surface area contributed by atoms with E-state index in [4.69, 9.17) is 0 Å². The number of hydrogen-bond donors (Lipinski definition) is 1. The summed E-state index contributed by atoms with van der Waals surface area (Å²) in [7, 11) is 5.36. The number of carbonyl (C=O) groups excluding carboxylic acids is 2. The fourth-order valence-electron chi connectivity index (χ4n) is 1.78. The number of aliphatic hydroxyl groups is 1. The number of likely N-dealkylation sites (N-methyl/N-ethyl adjacent to an activating group) is 1. The van der Waals surface area contributed by atoms with Crippen LogP contribution in [-0.2, 0) is 9.59 Å². The van der Waals surface area contributed by atoms with E-state index in [1.807, 2.05) is 0 Å². The van der Waals surface area contributed by atoms with E-state index in [0.717, 1.165) is 0 Å². The molecular weight excluding hydrogens is 246 g/mol. The van der Waals surface area contributed by atoms with Gasteiger partial charge in [-0.15, -0.1) is 0 Å². The maximum absolute atomic E-state index is 11.8. The molecule has 0 aliphatic rings. The van der Waals surface area contributed by atoms with Crippen molar-refractivity contribution in [3.63, 3.8) is 0 Å². The van der Waals surface area contributed by atoms with Gasteiger partial charge in [-0.1, -0.05) is 13.8 Å². The molecule has 0 heterocycles. The minimum absolute atomic E-state index is 0. The van der Waals surface area contributed by atoms with Gasteiger partial charge in [-0.25, -0.2) is 0 Å². The molecule has 0 fully saturated rings. The predicted molar refractivity (Wildman–Crippen MR) is 57.3 cm³/mol. The third kappa shape index (κ3) is 6.61. The van der Waals surface area contributed by atoms with Crippen molar-refractivity contribution in [2.75, 3.05) is 27.7 Å². The lowest BCUT2D eigenvalue weighted by molar-refractivity contribution is -0.875. The second-order valence-corrected chi connectivity index (χ2v) is 5.55. The van der Waals surface area contributed by atoms with E-state index in [0.29, 0.717) is 4.48 Å². The zero-order valence-electron chi connectivity index (χ0n) is 11.0. The number of Topliss-reactive ketones (excluding diaryl/α,β-unsaturated/α-hetero) is 1. The highest BCUT2D eigenvalue weighted by molar-refractivity contribution is 5.92. The van der Waals surface area contributed by atoms with E-state index in [1.165, 1.54) is 0 Å². The molecule has 0 aliphatic heterocycles. The average Bonchev–Trinajstić information content (AvgIpc) is 1.96. The monoisotopic (exact) mass is 266 g/mol. The Bertz CT molecular complexity index is 286. The Balaban J connectivity index is 0. The summed E-state index contributed by atoms with van der Waals surface area (Å²) < 4.78 is 0.308. The zero-order valence-corrected chi connectivity index (χ0v) is 11.7. The molecule has 0 aromatic rings. The molecule has 0 aromatic heterocycles. The largest absolute Gasteiger partial charge is 1.00 e.